The fourth-order valence-electron chi connectivity index (χ4n) is 5.64. The summed E-state index contributed by atoms with van der Waals surface area (Å²) in [6.45, 7) is 4.45. The molecular formula is C28H30FN3O3S. The smallest absolute Gasteiger partial charge is 0.243 e. The molecule has 2 unspecified atom stereocenters. The lowest BCUT2D eigenvalue weighted by atomic mass is 10.1. The number of benzene rings is 3. The number of piperidine rings is 1. The van der Waals surface area contributed by atoms with Crippen molar-refractivity contribution in [1.82, 2.24) is 4.31 Å². The number of nitrogens with zero attached hydrogens (tertiary/aromatic N) is 2. The molecule has 8 heteroatoms. The highest BCUT2D eigenvalue weighted by Gasteiger charge is 2.57. The van der Waals surface area contributed by atoms with E-state index in [1.54, 1.807) is 22.5 Å². The number of rotatable bonds is 7. The van der Waals surface area contributed by atoms with E-state index in [9.17, 15) is 12.8 Å². The third kappa shape index (κ3) is 4.49. The first-order chi connectivity index (χ1) is 17.5. The van der Waals surface area contributed by atoms with Gasteiger partial charge in [-0.3, -0.25) is 0 Å². The van der Waals surface area contributed by atoms with Gasteiger partial charge in [-0.25, -0.2) is 12.8 Å². The number of sulfonamides is 1. The number of morpholine rings is 1. The van der Waals surface area contributed by atoms with Crippen molar-refractivity contribution in [2.24, 2.45) is 17.8 Å². The van der Waals surface area contributed by atoms with E-state index in [0.29, 0.717) is 67.7 Å². The van der Waals surface area contributed by atoms with E-state index in [0.717, 1.165) is 23.4 Å². The first-order valence-corrected chi connectivity index (χ1v) is 14.0. The molecule has 2 saturated heterocycles. The van der Waals surface area contributed by atoms with Crippen LogP contribution in [0, 0.1) is 23.6 Å². The highest BCUT2D eigenvalue weighted by Crippen LogP contribution is 2.52. The van der Waals surface area contributed by atoms with Crippen molar-refractivity contribution in [2.45, 2.75) is 4.90 Å². The van der Waals surface area contributed by atoms with E-state index >= 15 is 0 Å². The molecule has 1 N–H and O–H groups in total. The highest BCUT2D eigenvalue weighted by atomic mass is 32.2. The van der Waals surface area contributed by atoms with E-state index in [-0.39, 0.29) is 5.82 Å². The number of fused-ring (bicyclic) bond motifs is 1. The van der Waals surface area contributed by atoms with Gasteiger partial charge in [0.2, 0.25) is 10.0 Å². The lowest BCUT2D eigenvalue weighted by Crippen LogP contribution is -2.36. The molecule has 6 nitrogen and oxygen atoms in total. The van der Waals surface area contributed by atoms with Gasteiger partial charge in [-0.1, -0.05) is 42.5 Å². The molecule has 188 valence electrons. The minimum atomic E-state index is -3.53. The van der Waals surface area contributed by atoms with Crippen LogP contribution in [0.5, 0.6) is 0 Å². The van der Waals surface area contributed by atoms with Gasteiger partial charge in [0, 0.05) is 38.4 Å². The monoisotopic (exact) mass is 507 g/mol. The predicted octanol–water partition coefficient (Wildman–Crippen LogP) is 4.31. The number of ether oxygens (including phenoxy) is 1. The molecule has 3 aromatic rings. The summed E-state index contributed by atoms with van der Waals surface area (Å²) >= 11 is 0. The SMILES string of the molecule is O=S(=O)(c1cccc(-c2ccccc2)c1)N1CC2C(CNc3ccc(N4CCOCC4)c(F)c3)C2C1. The predicted molar refractivity (Wildman–Crippen MR) is 139 cm³/mol. The van der Waals surface area contributed by atoms with Gasteiger partial charge in [-0.2, -0.15) is 4.31 Å². The molecule has 3 aromatic carbocycles. The van der Waals surface area contributed by atoms with Gasteiger partial charge in [0.25, 0.3) is 0 Å². The summed E-state index contributed by atoms with van der Waals surface area (Å²) in [5.74, 6) is 0.881. The number of nitrogens with one attached hydrogen (secondary N) is 1. The molecule has 2 atom stereocenters. The Hall–Kier alpha value is -2.94. The lowest BCUT2D eigenvalue weighted by molar-refractivity contribution is 0.122. The fraction of sp³-hybridized carbons (Fsp3) is 0.357. The number of hydrogen-bond donors (Lipinski definition) is 1. The van der Waals surface area contributed by atoms with Crippen LogP contribution < -0.4 is 10.2 Å². The van der Waals surface area contributed by atoms with Gasteiger partial charge in [0.05, 0.1) is 23.8 Å². The molecule has 36 heavy (non-hydrogen) atoms. The van der Waals surface area contributed by atoms with Crippen LogP contribution in [0.2, 0.25) is 0 Å². The van der Waals surface area contributed by atoms with Gasteiger partial charge in [-0.05, 0) is 59.2 Å². The molecule has 0 amide bonds. The van der Waals surface area contributed by atoms with Crippen LogP contribution >= 0.6 is 0 Å². The molecule has 2 heterocycles. The summed E-state index contributed by atoms with van der Waals surface area (Å²) in [6.07, 6.45) is 0. The topological polar surface area (TPSA) is 61.9 Å². The second-order valence-electron chi connectivity index (χ2n) is 9.85. The van der Waals surface area contributed by atoms with Gasteiger partial charge >= 0.3 is 0 Å². The standard InChI is InChI=1S/C28H30FN3O3S/c29-27-16-22(9-10-28(27)31-11-13-35-14-12-31)30-17-24-25-18-32(19-26(24)25)36(33,34)23-8-4-7-21(15-23)20-5-2-1-3-6-20/h1-10,15-16,24-26,30H,11-14,17-19H2. The minimum absolute atomic E-state index is 0.229. The second-order valence-corrected chi connectivity index (χ2v) is 11.8. The number of hydrogen-bond acceptors (Lipinski definition) is 5. The second kappa shape index (κ2) is 9.50. The normalized spacial score (nSPS) is 23.9. The molecule has 0 aromatic heterocycles. The summed E-state index contributed by atoms with van der Waals surface area (Å²) in [5.41, 5.74) is 3.27. The van der Waals surface area contributed by atoms with E-state index < -0.39 is 10.0 Å². The van der Waals surface area contributed by atoms with Crippen molar-refractivity contribution in [3.63, 3.8) is 0 Å². The van der Waals surface area contributed by atoms with Gasteiger partial charge < -0.3 is 15.0 Å². The Kier molecular flexibility index (Phi) is 6.19. The lowest BCUT2D eigenvalue weighted by Gasteiger charge is -2.29. The number of anilines is 2. The summed E-state index contributed by atoms with van der Waals surface area (Å²) in [5, 5.41) is 3.37. The van der Waals surface area contributed by atoms with Crippen LogP contribution in [-0.2, 0) is 14.8 Å². The van der Waals surface area contributed by atoms with E-state index in [4.69, 9.17) is 4.74 Å². The molecule has 0 spiro atoms. The van der Waals surface area contributed by atoms with Crippen LogP contribution in [0.1, 0.15) is 0 Å². The summed E-state index contributed by atoms with van der Waals surface area (Å²) < 4.78 is 48.3. The van der Waals surface area contributed by atoms with Crippen LogP contribution in [0.4, 0.5) is 15.8 Å². The quantitative estimate of drug-likeness (QED) is 0.517. The Morgan fingerprint density at radius 3 is 2.33 bits per heavy atom. The zero-order chi connectivity index (χ0) is 24.7. The van der Waals surface area contributed by atoms with Gasteiger partial charge in [0.1, 0.15) is 5.82 Å². The van der Waals surface area contributed by atoms with E-state index in [1.807, 2.05) is 59.5 Å². The van der Waals surface area contributed by atoms with Crippen molar-refractivity contribution in [1.29, 1.82) is 0 Å². The minimum Gasteiger partial charge on any atom is -0.385 e. The van der Waals surface area contributed by atoms with Crippen LogP contribution in [0.15, 0.2) is 77.7 Å². The molecule has 0 bridgehead atoms. The Morgan fingerprint density at radius 2 is 1.61 bits per heavy atom. The third-order valence-electron chi connectivity index (χ3n) is 7.76. The zero-order valence-electron chi connectivity index (χ0n) is 20.0. The molecular weight excluding hydrogens is 477 g/mol. The van der Waals surface area contributed by atoms with Crippen molar-refractivity contribution >= 4 is 21.4 Å². The van der Waals surface area contributed by atoms with E-state index in [2.05, 4.69) is 5.32 Å². The molecule has 1 saturated carbocycles. The highest BCUT2D eigenvalue weighted by molar-refractivity contribution is 7.89. The Labute approximate surface area is 211 Å². The summed E-state index contributed by atoms with van der Waals surface area (Å²) in [7, 11) is -3.53. The van der Waals surface area contributed by atoms with Crippen molar-refractivity contribution < 1.29 is 17.5 Å². The average Bonchev–Trinajstić information content (AvgIpc) is 3.35. The van der Waals surface area contributed by atoms with Gasteiger partial charge in [-0.15, -0.1) is 0 Å². The average molecular weight is 508 g/mol. The number of halogens is 1. The summed E-state index contributed by atoms with van der Waals surface area (Å²) in [4.78, 5) is 2.36. The zero-order valence-corrected chi connectivity index (χ0v) is 20.8. The Bertz CT molecular complexity index is 1330. The molecule has 3 aliphatic rings. The summed E-state index contributed by atoms with van der Waals surface area (Å²) in [6, 6.07) is 22.3. The molecule has 0 radical (unpaired) electrons. The maximum absolute atomic E-state index is 14.7. The van der Waals surface area contributed by atoms with Crippen molar-refractivity contribution in [3.05, 3.63) is 78.6 Å². The van der Waals surface area contributed by atoms with Gasteiger partial charge in [0.15, 0.2) is 0 Å². The maximum atomic E-state index is 14.7. The molecule has 3 fully saturated rings. The molecule has 1 aliphatic carbocycles. The van der Waals surface area contributed by atoms with Crippen LogP contribution in [-0.4, -0.2) is 58.7 Å². The molecule has 2 aliphatic heterocycles. The largest absolute Gasteiger partial charge is 0.385 e. The fourth-order valence-corrected chi connectivity index (χ4v) is 7.20. The van der Waals surface area contributed by atoms with Crippen molar-refractivity contribution in [3.8, 4) is 11.1 Å². The first-order valence-electron chi connectivity index (χ1n) is 12.5. The maximum Gasteiger partial charge on any atom is 0.243 e. The Balaban J connectivity index is 1.05. The van der Waals surface area contributed by atoms with E-state index in [1.165, 1.54) is 0 Å². The van der Waals surface area contributed by atoms with Crippen molar-refractivity contribution in [2.75, 3.05) is 56.2 Å². The first kappa shape index (κ1) is 23.5. The third-order valence-corrected chi connectivity index (χ3v) is 9.59. The van der Waals surface area contributed by atoms with Crippen LogP contribution in [0.25, 0.3) is 11.1 Å². The Morgan fingerprint density at radius 1 is 0.889 bits per heavy atom. The van der Waals surface area contributed by atoms with Crippen LogP contribution in [0.3, 0.4) is 0 Å². The molecule has 6 rings (SSSR count).